The van der Waals surface area contributed by atoms with Crippen molar-refractivity contribution in [2.24, 2.45) is 0 Å². The van der Waals surface area contributed by atoms with Gasteiger partial charge in [0.2, 0.25) is 5.91 Å². The first-order valence-corrected chi connectivity index (χ1v) is 25.2. The molecule has 1 saturated heterocycles. The van der Waals surface area contributed by atoms with Gasteiger partial charge in [0.1, 0.15) is 32.7 Å². The minimum atomic E-state index is -0.265. The smallest absolute Gasteiger partial charge is 0.267 e. The standard InChI is InChI=1S/C50H63BrClN9O5S/c1-4-13-42(57-47(62)23-20-39-15-10-17-44(51)56-39)38-18-21-40(22-19-38)66-33-12-32-65-30-8-6-5-7-29-64-31-11-24-60-25-27-61(28-26-60)46-34-45(54-37(3)55-46)58-50-53-35-43(67-50)49(63)59-48-36(2)14-9-16-41(48)52/h9-10,14-23,34-35,42H,4-8,11-13,24-33H2,1-3H3,(H,57,62)(H,59,63)(H,53,54,55,58)/b23-20+. The summed E-state index contributed by atoms with van der Waals surface area (Å²) < 4.78 is 18.5. The third kappa shape index (κ3) is 17.6. The molecule has 1 unspecified atom stereocenters. The summed E-state index contributed by atoms with van der Waals surface area (Å²) in [5.74, 6) is 2.57. The molecule has 1 atom stereocenters. The van der Waals surface area contributed by atoms with Crippen molar-refractivity contribution in [3.8, 4) is 5.75 Å². The van der Waals surface area contributed by atoms with Gasteiger partial charge in [0.05, 0.1) is 35.2 Å². The van der Waals surface area contributed by atoms with E-state index in [-0.39, 0.29) is 17.9 Å². The number of unbranched alkanes of at least 4 members (excludes halogenated alkanes) is 3. The number of rotatable bonds is 27. The van der Waals surface area contributed by atoms with Crippen LogP contribution in [0, 0.1) is 13.8 Å². The SMILES string of the molecule is CCCC(NC(=O)/C=C/c1cccc(Br)n1)c1ccc(OCCCOCCCCCCOCCCN2CCN(c3cc(Nc4ncc(C(=O)Nc5c(C)cccc5Cl)s4)nc(C)n3)CC2)cc1. The monoisotopic (exact) mass is 1020 g/mol. The molecule has 0 radical (unpaired) electrons. The maximum Gasteiger partial charge on any atom is 0.267 e. The second-order valence-electron chi connectivity index (χ2n) is 16.4. The lowest BCUT2D eigenvalue weighted by Crippen LogP contribution is -2.47. The highest BCUT2D eigenvalue weighted by molar-refractivity contribution is 9.10. The van der Waals surface area contributed by atoms with Crippen LogP contribution in [0.25, 0.3) is 6.08 Å². The number of nitrogens with one attached hydrogen (secondary N) is 3. The van der Waals surface area contributed by atoms with E-state index < -0.39 is 0 Å². The van der Waals surface area contributed by atoms with Crippen LogP contribution < -0.4 is 25.6 Å². The number of hydrogen-bond donors (Lipinski definition) is 3. The van der Waals surface area contributed by atoms with Crippen molar-refractivity contribution in [2.45, 2.75) is 78.2 Å². The van der Waals surface area contributed by atoms with Crippen LogP contribution in [0.3, 0.4) is 0 Å². The third-order valence-corrected chi connectivity index (χ3v) is 12.7. The summed E-state index contributed by atoms with van der Waals surface area (Å²) in [5.41, 5.74) is 3.25. The number of halogens is 2. The predicted molar refractivity (Wildman–Crippen MR) is 273 cm³/mol. The number of aromatic nitrogens is 4. The van der Waals surface area contributed by atoms with Crippen LogP contribution in [0.4, 0.5) is 22.5 Å². The fourth-order valence-electron chi connectivity index (χ4n) is 7.50. The van der Waals surface area contributed by atoms with E-state index in [9.17, 15) is 9.59 Å². The molecule has 1 fully saturated rings. The number of para-hydroxylation sites is 1. The van der Waals surface area contributed by atoms with Gasteiger partial charge in [-0.25, -0.2) is 19.9 Å². The number of aryl methyl sites for hydroxylation is 2. The van der Waals surface area contributed by atoms with Crippen molar-refractivity contribution in [2.75, 3.05) is 81.3 Å². The molecule has 0 bridgehead atoms. The summed E-state index contributed by atoms with van der Waals surface area (Å²) in [6.07, 6.45) is 12.8. The van der Waals surface area contributed by atoms with Crippen LogP contribution in [0.1, 0.15) is 96.6 Å². The maximum atomic E-state index is 12.9. The van der Waals surface area contributed by atoms with Gasteiger partial charge in [0.25, 0.3) is 5.91 Å². The molecule has 2 amide bonds. The molecule has 358 valence electrons. The van der Waals surface area contributed by atoms with Crippen molar-refractivity contribution in [1.29, 1.82) is 0 Å². The third-order valence-electron chi connectivity index (χ3n) is 11.1. The molecule has 67 heavy (non-hydrogen) atoms. The maximum absolute atomic E-state index is 12.9. The highest BCUT2D eigenvalue weighted by atomic mass is 79.9. The highest BCUT2D eigenvalue weighted by Crippen LogP contribution is 2.29. The van der Waals surface area contributed by atoms with E-state index in [0.717, 1.165) is 137 Å². The Morgan fingerprint density at radius 1 is 0.866 bits per heavy atom. The Bertz CT molecular complexity index is 2320. The molecule has 5 aromatic rings. The number of piperazine rings is 1. The first-order chi connectivity index (χ1) is 32.6. The zero-order chi connectivity index (χ0) is 47.2. The van der Waals surface area contributed by atoms with Crippen LogP contribution in [-0.2, 0) is 14.3 Å². The van der Waals surface area contributed by atoms with Crippen molar-refractivity contribution in [3.05, 3.63) is 116 Å². The fourth-order valence-corrected chi connectivity index (χ4v) is 8.85. The molecular formula is C50H63BrClN9O5S. The topological polar surface area (TPSA) is 156 Å². The number of ether oxygens (including phenoxy) is 3. The van der Waals surface area contributed by atoms with E-state index in [0.29, 0.717) is 45.6 Å². The highest BCUT2D eigenvalue weighted by Gasteiger charge is 2.20. The lowest BCUT2D eigenvalue weighted by atomic mass is 10.0. The van der Waals surface area contributed by atoms with Crippen molar-refractivity contribution in [1.82, 2.24) is 30.2 Å². The molecule has 0 aliphatic carbocycles. The van der Waals surface area contributed by atoms with Crippen LogP contribution in [-0.4, -0.2) is 102 Å². The lowest BCUT2D eigenvalue weighted by Gasteiger charge is -2.35. The Morgan fingerprint density at radius 2 is 1.60 bits per heavy atom. The summed E-state index contributed by atoms with van der Waals surface area (Å²) in [4.78, 5) is 48.9. The number of anilines is 4. The van der Waals surface area contributed by atoms with Gasteiger partial charge in [0.15, 0.2) is 5.13 Å². The van der Waals surface area contributed by atoms with Crippen LogP contribution in [0.15, 0.2) is 83.6 Å². The molecule has 0 spiro atoms. The largest absolute Gasteiger partial charge is 0.494 e. The number of amides is 2. The van der Waals surface area contributed by atoms with Gasteiger partial charge in [-0.1, -0.05) is 79.5 Å². The fraction of sp³-hybridized carbons (Fsp3) is 0.440. The van der Waals surface area contributed by atoms with E-state index in [1.165, 1.54) is 17.4 Å². The Balaban J connectivity index is 0.753. The van der Waals surface area contributed by atoms with E-state index in [1.54, 1.807) is 18.3 Å². The normalized spacial score (nSPS) is 13.5. The van der Waals surface area contributed by atoms with Crippen LogP contribution >= 0.6 is 38.9 Å². The van der Waals surface area contributed by atoms with E-state index in [2.05, 4.69) is 63.6 Å². The van der Waals surface area contributed by atoms with Gasteiger partial charge in [-0.05, 0) is 103 Å². The molecular weight excluding hydrogens is 954 g/mol. The molecule has 0 saturated carbocycles. The summed E-state index contributed by atoms with van der Waals surface area (Å²) in [6, 6.07) is 20.9. The Labute approximate surface area is 412 Å². The number of hydrogen-bond acceptors (Lipinski definition) is 13. The number of nitrogens with zero attached hydrogens (tertiary/aromatic N) is 6. The molecule has 17 heteroatoms. The first-order valence-electron chi connectivity index (χ1n) is 23.2. The Kier molecular flexibility index (Phi) is 21.3. The van der Waals surface area contributed by atoms with Gasteiger partial charge in [-0.2, -0.15) is 0 Å². The van der Waals surface area contributed by atoms with E-state index in [4.69, 9.17) is 30.8 Å². The number of carbonyl (C=O) groups is 2. The summed E-state index contributed by atoms with van der Waals surface area (Å²) >= 11 is 10.9. The average Bonchev–Trinajstić information content (AvgIpc) is 3.79. The summed E-state index contributed by atoms with van der Waals surface area (Å²) in [5, 5.41) is 10.3. The zero-order valence-corrected chi connectivity index (χ0v) is 41.9. The molecule has 1 aliphatic rings. The van der Waals surface area contributed by atoms with E-state index in [1.807, 2.05) is 74.5 Å². The van der Waals surface area contributed by atoms with Crippen molar-refractivity contribution >= 4 is 79.2 Å². The summed E-state index contributed by atoms with van der Waals surface area (Å²) in [6.45, 7) is 14.2. The molecule has 6 rings (SSSR count). The number of carbonyl (C=O) groups excluding carboxylic acids is 2. The number of thiazole rings is 1. The number of pyridine rings is 1. The zero-order valence-electron chi connectivity index (χ0n) is 38.8. The van der Waals surface area contributed by atoms with E-state index >= 15 is 0 Å². The number of benzene rings is 2. The Hall–Kier alpha value is -4.97. The van der Waals surface area contributed by atoms with Gasteiger partial charge in [0, 0.05) is 77.7 Å². The van der Waals surface area contributed by atoms with Gasteiger partial charge in [-0.3, -0.25) is 14.5 Å². The molecule has 3 aromatic heterocycles. The van der Waals surface area contributed by atoms with Gasteiger partial charge in [-0.15, -0.1) is 0 Å². The van der Waals surface area contributed by atoms with Gasteiger partial charge >= 0.3 is 0 Å². The molecule has 2 aromatic carbocycles. The summed E-state index contributed by atoms with van der Waals surface area (Å²) in [7, 11) is 0. The molecule has 3 N–H and O–H groups in total. The second-order valence-corrected chi connectivity index (χ2v) is 18.6. The molecule has 4 heterocycles. The second kappa shape index (κ2) is 27.7. The molecule has 1 aliphatic heterocycles. The van der Waals surface area contributed by atoms with Crippen molar-refractivity contribution in [3.63, 3.8) is 0 Å². The minimum absolute atomic E-state index is 0.0795. The quantitative estimate of drug-likeness (QED) is 0.0260. The lowest BCUT2D eigenvalue weighted by molar-refractivity contribution is -0.117. The van der Waals surface area contributed by atoms with Crippen molar-refractivity contribution < 1.29 is 23.8 Å². The molecule has 14 nitrogen and oxygen atoms in total. The Morgan fingerprint density at radius 3 is 2.33 bits per heavy atom. The first kappa shape index (κ1) is 51.4. The predicted octanol–water partition coefficient (Wildman–Crippen LogP) is 10.6. The van der Waals surface area contributed by atoms with Crippen LogP contribution in [0.2, 0.25) is 5.02 Å². The van der Waals surface area contributed by atoms with Crippen LogP contribution in [0.5, 0.6) is 5.75 Å². The van der Waals surface area contributed by atoms with Gasteiger partial charge < -0.3 is 35.1 Å². The minimum Gasteiger partial charge on any atom is -0.494 e. The average molecular weight is 1020 g/mol.